The van der Waals surface area contributed by atoms with Crippen LogP contribution in [0.3, 0.4) is 0 Å². The predicted octanol–water partition coefficient (Wildman–Crippen LogP) is 3.41. The van der Waals surface area contributed by atoms with E-state index in [2.05, 4.69) is 19.1 Å². The molecule has 1 aromatic rings. The molecule has 1 nitrogen and oxygen atoms in total. The van der Waals surface area contributed by atoms with Crippen LogP contribution >= 0.6 is 0 Å². The Morgan fingerprint density at radius 1 is 1.36 bits per heavy atom. The normalized spacial score (nSPS) is 12.7. The molecular weight excluding hydrogens is 172 g/mol. The van der Waals surface area contributed by atoms with Crippen LogP contribution in [-0.4, -0.2) is 6.10 Å². The van der Waals surface area contributed by atoms with Gasteiger partial charge in [0.25, 0.3) is 0 Å². The molecule has 1 atom stereocenters. The Balaban J connectivity index is 2.16. The number of rotatable bonds is 6. The molecule has 0 heterocycles. The van der Waals surface area contributed by atoms with Crippen LogP contribution in [0.25, 0.3) is 0 Å². The van der Waals surface area contributed by atoms with E-state index in [4.69, 9.17) is 0 Å². The maximum absolute atomic E-state index is 11.3. The standard InChI is InChI=1S/C13H18O/c1-2-7-13(14)11-6-10-12-8-4-3-5-9-12/h3-5,8,13H,2,6-7,10-11H2,1H3. The van der Waals surface area contributed by atoms with E-state index in [1.807, 2.05) is 18.2 Å². The molecule has 1 heteroatoms. The fraction of sp³-hybridized carbons (Fsp3) is 0.538. The van der Waals surface area contributed by atoms with Gasteiger partial charge in [-0.3, -0.25) is 0 Å². The molecule has 2 radical (unpaired) electrons. The summed E-state index contributed by atoms with van der Waals surface area (Å²) < 4.78 is 0. The van der Waals surface area contributed by atoms with Crippen molar-refractivity contribution in [2.75, 3.05) is 0 Å². The number of hydrogen-bond donors (Lipinski definition) is 0. The topological polar surface area (TPSA) is 19.9 Å². The van der Waals surface area contributed by atoms with E-state index < -0.39 is 0 Å². The monoisotopic (exact) mass is 190 g/mol. The van der Waals surface area contributed by atoms with Crippen LogP contribution in [0.1, 0.15) is 38.2 Å². The van der Waals surface area contributed by atoms with E-state index >= 15 is 0 Å². The van der Waals surface area contributed by atoms with E-state index in [9.17, 15) is 5.11 Å². The zero-order chi connectivity index (χ0) is 10.2. The molecule has 1 aromatic carbocycles. The molecule has 0 aliphatic carbocycles. The van der Waals surface area contributed by atoms with Gasteiger partial charge in [0.05, 0.1) is 6.10 Å². The summed E-state index contributed by atoms with van der Waals surface area (Å²) in [6.07, 6.45) is 4.25. The van der Waals surface area contributed by atoms with Crippen LogP contribution in [0.15, 0.2) is 24.3 Å². The smallest absolute Gasteiger partial charge is 0.0930 e. The van der Waals surface area contributed by atoms with E-state index in [1.165, 1.54) is 5.56 Å². The van der Waals surface area contributed by atoms with Gasteiger partial charge in [-0.1, -0.05) is 37.6 Å². The molecule has 0 N–H and O–H groups in total. The Hall–Kier alpha value is -0.820. The van der Waals surface area contributed by atoms with E-state index in [-0.39, 0.29) is 6.10 Å². The first-order valence-electron chi connectivity index (χ1n) is 5.44. The van der Waals surface area contributed by atoms with Crippen LogP contribution in [0.5, 0.6) is 0 Å². The summed E-state index contributed by atoms with van der Waals surface area (Å²) in [5.74, 6) is 0. The summed E-state index contributed by atoms with van der Waals surface area (Å²) in [5.41, 5.74) is 1.22. The van der Waals surface area contributed by atoms with E-state index in [0.717, 1.165) is 32.1 Å². The lowest BCUT2D eigenvalue weighted by atomic mass is 10.0. The van der Waals surface area contributed by atoms with Crippen molar-refractivity contribution in [3.63, 3.8) is 0 Å². The van der Waals surface area contributed by atoms with Gasteiger partial charge in [0.1, 0.15) is 0 Å². The zero-order valence-corrected chi connectivity index (χ0v) is 8.83. The van der Waals surface area contributed by atoms with Gasteiger partial charge in [0, 0.05) is 0 Å². The van der Waals surface area contributed by atoms with Crippen molar-refractivity contribution in [3.05, 3.63) is 35.9 Å². The maximum atomic E-state index is 11.3. The van der Waals surface area contributed by atoms with Crippen LogP contribution < -0.4 is 0 Å². The number of hydrogen-bond acceptors (Lipinski definition) is 0. The first-order chi connectivity index (χ1) is 6.83. The molecule has 14 heavy (non-hydrogen) atoms. The second kappa shape index (κ2) is 6.61. The SMILES string of the molecule is CCCC([O])CCCc1[c]cccc1. The third kappa shape index (κ3) is 4.43. The van der Waals surface area contributed by atoms with Crippen LogP contribution in [0.2, 0.25) is 0 Å². The third-order valence-electron chi connectivity index (χ3n) is 2.36. The van der Waals surface area contributed by atoms with Gasteiger partial charge in [-0.05, 0) is 37.3 Å². The van der Waals surface area contributed by atoms with Crippen LogP contribution in [-0.2, 0) is 11.5 Å². The highest BCUT2D eigenvalue weighted by atomic mass is 16.3. The first kappa shape index (κ1) is 11.3. The zero-order valence-electron chi connectivity index (χ0n) is 8.83. The number of benzene rings is 1. The molecule has 0 spiro atoms. The molecule has 1 unspecified atom stereocenters. The van der Waals surface area contributed by atoms with E-state index in [1.54, 1.807) is 0 Å². The molecule has 0 aromatic heterocycles. The molecule has 0 aliphatic rings. The van der Waals surface area contributed by atoms with Gasteiger partial charge in [-0.25, -0.2) is 5.11 Å². The molecule has 76 valence electrons. The maximum Gasteiger partial charge on any atom is 0.0930 e. The molecule has 0 amide bonds. The summed E-state index contributed by atoms with van der Waals surface area (Å²) in [4.78, 5) is 0. The van der Waals surface area contributed by atoms with Gasteiger partial charge in [0.2, 0.25) is 0 Å². The highest BCUT2D eigenvalue weighted by Crippen LogP contribution is 2.09. The molecular formula is C13H18O. The lowest BCUT2D eigenvalue weighted by Crippen LogP contribution is -2.03. The van der Waals surface area contributed by atoms with Gasteiger partial charge < -0.3 is 0 Å². The Labute approximate surface area is 86.8 Å². The second-order valence-electron chi connectivity index (χ2n) is 3.69. The minimum Gasteiger partial charge on any atom is -0.233 e. The van der Waals surface area contributed by atoms with Crippen LogP contribution in [0, 0.1) is 6.07 Å². The van der Waals surface area contributed by atoms with Crippen molar-refractivity contribution in [1.29, 1.82) is 0 Å². The average Bonchev–Trinajstić information content (AvgIpc) is 2.20. The summed E-state index contributed by atoms with van der Waals surface area (Å²) >= 11 is 0. The van der Waals surface area contributed by atoms with Crippen molar-refractivity contribution in [3.8, 4) is 0 Å². The Morgan fingerprint density at radius 3 is 2.86 bits per heavy atom. The Kier molecular flexibility index (Phi) is 5.31. The highest BCUT2D eigenvalue weighted by Gasteiger charge is 2.03. The minimum atomic E-state index is -0.358. The van der Waals surface area contributed by atoms with E-state index in [0.29, 0.717) is 0 Å². The first-order valence-corrected chi connectivity index (χ1v) is 5.44. The quantitative estimate of drug-likeness (QED) is 0.655. The molecule has 0 bridgehead atoms. The van der Waals surface area contributed by atoms with Gasteiger partial charge in [-0.15, -0.1) is 0 Å². The molecule has 1 rings (SSSR count). The molecule has 0 fully saturated rings. The number of aryl methyl sites for hydroxylation is 1. The predicted molar refractivity (Wildman–Crippen MR) is 57.6 cm³/mol. The van der Waals surface area contributed by atoms with Gasteiger partial charge >= 0.3 is 0 Å². The fourth-order valence-electron chi connectivity index (χ4n) is 1.57. The van der Waals surface area contributed by atoms with Crippen molar-refractivity contribution in [2.45, 2.75) is 45.1 Å². The van der Waals surface area contributed by atoms with Crippen LogP contribution in [0.4, 0.5) is 0 Å². The third-order valence-corrected chi connectivity index (χ3v) is 2.36. The van der Waals surface area contributed by atoms with Crippen molar-refractivity contribution in [1.82, 2.24) is 0 Å². The Bertz CT molecular complexity index is 230. The molecule has 0 saturated heterocycles. The van der Waals surface area contributed by atoms with Gasteiger partial charge in [-0.2, -0.15) is 0 Å². The summed E-state index contributed by atoms with van der Waals surface area (Å²) in [5, 5.41) is 11.3. The summed E-state index contributed by atoms with van der Waals surface area (Å²) in [6, 6.07) is 11.2. The van der Waals surface area contributed by atoms with Crippen molar-refractivity contribution in [2.24, 2.45) is 0 Å². The largest absolute Gasteiger partial charge is 0.233 e. The van der Waals surface area contributed by atoms with Crippen molar-refractivity contribution >= 4 is 0 Å². The average molecular weight is 190 g/mol. The fourth-order valence-corrected chi connectivity index (χ4v) is 1.57. The van der Waals surface area contributed by atoms with Crippen molar-refractivity contribution < 1.29 is 5.11 Å². The molecule has 0 aliphatic heterocycles. The lowest BCUT2D eigenvalue weighted by Gasteiger charge is -2.05. The summed E-state index contributed by atoms with van der Waals surface area (Å²) in [6.45, 7) is 2.07. The summed E-state index contributed by atoms with van der Waals surface area (Å²) in [7, 11) is 0. The minimum absolute atomic E-state index is 0.358. The second-order valence-corrected chi connectivity index (χ2v) is 3.69. The lowest BCUT2D eigenvalue weighted by molar-refractivity contribution is 0.0714. The highest BCUT2D eigenvalue weighted by molar-refractivity contribution is 5.12. The van der Waals surface area contributed by atoms with Gasteiger partial charge in [0.15, 0.2) is 0 Å². The molecule has 0 saturated carbocycles. The Morgan fingerprint density at radius 2 is 2.21 bits per heavy atom.